The smallest absolute Gasteiger partial charge is 0.407 e. The highest BCUT2D eigenvalue weighted by atomic mass is 79.9. The summed E-state index contributed by atoms with van der Waals surface area (Å²) in [6.45, 7) is 8.18. The van der Waals surface area contributed by atoms with Crippen molar-refractivity contribution >= 4 is 22.0 Å². The van der Waals surface area contributed by atoms with Crippen molar-refractivity contribution in [3.63, 3.8) is 0 Å². The molecule has 1 atom stereocenters. The van der Waals surface area contributed by atoms with Crippen molar-refractivity contribution in [1.29, 1.82) is 0 Å². The third kappa shape index (κ3) is 5.54. The fraction of sp³-hybridized carbons (Fsp3) is 0.500. The van der Waals surface area contributed by atoms with E-state index in [1.54, 1.807) is 0 Å². The van der Waals surface area contributed by atoms with Crippen LogP contribution in [0.2, 0.25) is 0 Å². The van der Waals surface area contributed by atoms with Gasteiger partial charge in [-0.15, -0.1) is 0 Å². The van der Waals surface area contributed by atoms with E-state index in [1.807, 2.05) is 39.0 Å². The number of nitrogens with one attached hydrogen (secondary N) is 1. The van der Waals surface area contributed by atoms with Gasteiger partial charge in [-0.1, -0.05) is 35.0 Å². The van der Waals surface area contributed by atoms with Gasteiger partial charge in [0.05, 0.1) is 0 Å². The zero-order chi connectivity index (χ0) is 13.8. The number of amides is 1. The van der Waals surface area contributed by atoms with Gasteiger partial charge in [-0.05, 0) is 44.4 Å². The van der Waals surface area contributed by atoms with E-state index in [-0.39, 0.29) is 12.0 Å². The standard InChI is InChI=1S/C14H20BrNO2/c1-10(11-6-5-7-12(15)8-11)9-16-13(17)18-14(2,3)4/h5-8,10H,9H2,1-4H3,(H,16,17). The molecule has 0 fully saturated rings. The Morgan fingerprint density at radius 1 is 1.44 bits per heavy atom. The number of ether oxygens (including phenoxy) is 1. The largest absolute Gasteiger partial charge is 0.444 e. The van der Waals surface area contributed by atoms with Gasteiger partial charge < -0.3 is 10.1 Å². The molecule has 0 aliphatic rings. The third-order valence-corrected chi connectivity index (χ3v) is 2.86. The van der Waals surface area contributed by atoms with E-state index in [9.17, 15) is 4.79 Å². The lowest BCUT2D eigenvalue weighted by atomic mass is 10.0. The minimum atomic E-state index is -0.455. The van der Waals surface area contributed by atoms with Crippen LogP contribution in [0.5, 0.6) is 0 Å². The summed E-state index contributed by atoms with van der Waals surface area (Å²) < 4.78 is 6.23. The van der Waals surface area contributed by atoms with Gasteiger partial charge in [-0.2, -0.15) is 0 Å². The monoisotopic (exact) mass is 313 g/mol. The van der Waals surface area contributed by atoms with Crippen molar-refractivity contribution in [1.82, 2.24) is 5.32 Å². The summed E-state index contributed by atoms with van der Waals surface area (Å²) in [7, 11) is 0. The summed E-state index contributed by atoms with van der Waals surface area (Å²) >= 11 is 3.44. The maximum absolute atomic E-state index is 11.5. The molecule has 4 heteroatoms. The van der Waals surface area contributed by atoms with Gasteiger partial charge in [0.15, 0.2) is 0 Å². The fourth-order valence-electron chi connectivity index (χ4n) is 1.48. The number of carbonyl (C=O) groups excluding carboxylic acids is 1. The lowest BCUT2D eigenvalue weighted by molar-refractivity contribution is 0.0525. The van der Waals surface area contributed by atoms with Crippen LogP contribution >= 0.6 is 15.9 Å². The number of benzene rings is 1. The maximum Gasteiger partial charge on any atom is 0.407 e. The minimum Gasteiger partial charge on any atom is -0.444 e. The Kier molecular flexibility index (Phi) is 5.20. The fourth-order valence-corrected chi connectivity index (χ4v) is 1.90. The van der Waals surface area contributed by atoms with E-state index in [0.717, 1.165) is 4.47 Å². The molecular weight excluding hydrogens is 294 g/mol. The highest BCUT2D eigenvalue weighted by Gasteiger charge is 2.16. The van der Waals surface area contributed by atoms with Crippen molar-refractivity contribution in [2.45, 2.75) is 39.2 Å². The Morgan fingerprint density at radius 2 is 2.11 bits per heavy atom. The summed E-state index contributed by atoms with van der Waals surface area (Å²) in [5, 5.41) is 2.78. The molecule has 18 heavy (non-hydrogen) atoms. The third-order valence-electron chi connectivity index (χ3n) is 2.37. The molecule has 1 aromatic rings. The summed E-state index contributed by atoms with van der Waals surface area (Å²) in [6, 6.07) is 8.08. The first-order valence-electron chi connectivity index (χ1n) is 6.00. The lowest BCUT2D eigenvalue weighted by Crippen LogP contribution is -2.34. The summed E-state index contributed by atoms with van der Waals surface area (Å²) in [6.07, 6.45) is -0.371. The second-order valence-electron chi connectivity index (χ2n) is 5.34. The van der Waals surface area contributed by atoms with Crippen LogP contribution in [0.4, 0.5) is 4.79 Å². The van der Waals surface area contributed by atoms with Crippen LogP contribution in [0.25, 0.3) is 0 Å². The number of alkyl carbamates (subject to hydrolysis) is 1. The Balaban J connectivity index is 2.46. The Hall–Kier alpha value is -1.03. The minimum absolute atomic E-state index is 0.245. The van der Waals surface area contributed by atoms with Gasteiger partial charge in [0.2, 0.25) is 0 Å². The number of halogens is 1. The van der Waals surface area contributed by atoms with Crippen molar-refractivity contribution < 1.29 is 9.53 Å². The van der Waals surface area contributed by atoms with Crippen LogP contribution in [0.3, 0.4) is 0 Å². The zero-order valence-electron chi connectivity index (χ0n) is 11.3. The number of hydrogen-bond donors (Lipinski definition) is 1. The summed E-state index contributed by atoms with van der Waals surface area (Å²) in [5.74, 6) is 0.245. The van der Waals surface area contributed by atoms with E-state index < -0.39 is 5.60 Å². The predicted molar refractivity (Wildman–Crippen MR) is 76.8 cm³/mol. The predicted octanol–water partition coefficient (Wildman–Crippen LogP) is 4.08. The van der Waals surface area contributed by atoms with Crippen molar-refractivity contribution in [3.05, 3.63) is 34.3 Å². The Labute approximate surface area is 117 Å². The SMILES string of the molecule is CC(CNC(=O)OC(C)(C)C)c1cccc(Br)c1. The highest BCUT2D eigenvalue weighted by molar-refractivity contribution is 9.10. The van der Waals surface area contributed by atoms with Gasteiger partial charge in [0, 0.05) is 11.0 Å². The molecule has 3 nitrogen and oxygen atoms in total. The van der Waals surface area contributed by atoms with Gasteiger partial charge in [-0.25, -0.2) is 4.79 Å². The van der Waals surface area contributed by atoms with Crippen LogP contribution < -0.4 is 5.32 Å². The van der Waals surface area contributed by atoms with Crippen molar-refractivity contribution in [3.8, 4) is 0 Å². The number of hydrogen-bond acceptors (Lipinski definition) is 2. The van der Waals surface area contributed by atoms with Gasteiger partial charge >= 0.3 is 6.09 Å². The van der Waals surface area contributed by atoms with E-state index >= 15 is 0 Å². The molecule has 100 valence electrons. The molecule has 0 heterocycles. The first-order chi connectivity index (χ1) is 8.28. The molecule has 1 N–H and O–H groups in total. The van der Waals surface area contributed by atoms with Gasteiger partial charge in [0.1, 0.15) is 5.60 Å². The zero-order valence-corrected chi connectivity index (χ0v) is 12.9. The van der Waals surface area contributed by atoms with Gasteiger partial charge in [-0.3, -0.25) is 0 Å². The van der Waals surface area contributed by atoms with Crippen LogP contribution in [0.1, 0.15) is 39.2 Å². The summed E-state index contributed by atoms with van der Waals surface area (Å²) in [4.78, 5) is 11.5. The molecule has 1 amide bonds. The van der Waals surface area contributed by atoms with Crippen LogP contribution in [0.15, 0.2) is 28.7 Å². The molecule has 0 bridgehead atoms. The van der Waals surface area contributed by atoms with Gasteiger partial charge in [0.25, 0.3) is 0 Å². The highest BCUT2D eigenvalue weighted by Crippen LogP contribution is 2.19. The van der Waals surface area contributed by atoms with Crippen LogP contribution in [0, 0.1) is 0 Å². The molecular formula is C14H20BrNO2. The molecule has 0 aromatic heterocycles. The van der Waals surface area contributed by atoms with Crippen molar-refractivity contribution in [2.75, 3.05) is 6.54 Å². The first-order valence-corrected chi connectivity index (χ1v) is 6.79. The van der Waals surface area contributed by atoms with E-state index in [1.165, 1.54) is 5.56 Å². The molecule has 0 radical (unpaired) electrons. The van der Waals surface area contributed by atoms with E-state index in [4.69, 9.17) is 4.74 Å². The maximum atomic E-state index is 11.5. The topological polar surface area (TPSA) is 38.3 Å². The lowest BCUT2D eigenvalue weighted by Gasteiger charge is -2.21. The molecule has 0 aliphatic carbocycles. The normalized spacial score (nSPS) is 12.9. The second-order valence-corrected chi connectivity index (χ2v) is 6.25. The average molecular weight is 314 g/mol. The molecule has 1 rings (SSSR count). The Morgan fingerprint density at radius 3 is 2.67 bits per heavy atom. The molecule has 1 aromatic carbocycles. The average Bonchev–Trinajstić information content (AvgIpc) is 2.23. The molecule has 0 saturated heterocycles. The second kappa shape index (κ2) is 6.23. The van der Waals surface area contributed by atoms with E-state index in [2.05, 4.69) is 34.2 Å². The summed E-state index contributed by atoms with van der Waals surface area (Å²) in [5.41, 5.74) is 0.726. The van der Waals surface area contributed by atoms with Crippen LogP contribution in [-0.2, 0) is 4.74 Å². The van der Waals surface area contributed by atoms with Crippen molar-refractivity contribution in [2.24, 2.45) is 0 Å². The Bertz CT molecular complexity index is 413. The molecule has 0 spiro atoms. The molecule has 0 saturated carbocycles. The molecule has 0 aliphatic heterocycles. The first kappa shape index (κ1) is 15.0. The van der Waals surface area contributed by atoms with Crippen LogP contribution in [-0.4, -0.2) is 18.2 Å². The quantitative estimate of drug-likeness (QED) is 0.913. The van der Waals surface area contributed by atoms with E-state index in [0.29, 0.717) is 6.54 Å². The molecule has 1 unspecified atom stereocenters. The number of rotatable bonds is 3. The number of carbonyl (C=O) groups is 1.